The van der Waals surface area contributed by atoms with E-state index >= 15 is 0 Å². The van der Waals surface area contributed by atoms with E-state index in [1.807, 2.05) is 0 Å². The van der Waals surface area contributed by atoms with Gasteiger partial charge >= 0.3 is 12.1 Å². The number of carboxylic acid groups (broad SMARTS) is 1. The smallest absolute Gasteiger partial charge is 0.436 e. The van der Waals surface area contributed by atoms with Crippen LogP contribution in [-0.2, 0) is 0 Å². The van der Waals surface area contributed by atoms with Gasteiger partial charge in [-0.25, -0.2) is 4.79 Å². The zero-order valence-electron chi connectivity index (χ0n) is 10.5. The zero-order valence-corrected chi connectivity index (χ0v) is 11.2. The van der Waals surface area contributed by atoms with E-state index in [1.165, 1.54) is 0 Å². The minimum atomic E-state index is -4.75. The first kappa shape index (κ1) is 15.7. The van der Waals surface area contributed by atoms with Gasteiger partial charge in [-0.3, -0.25) is 0 Å². The van der Waals surface area contributed by atoms with Crippen LogP contribution in [0.15, 0.2) is 23.3 Å². The molecule has 0 aliphatic carbocycles. The van der Waals surface area contributed by atoms with Crippen molar-refractivity contribution >= 4 is 29.0 Å². The second kappa shape index (κ2) is 4.95. The van der Waals surface area contributed by atoms with Crippen LogP contribution >= 0.6 is 11.6 Å². The highest BCUT2D eigenvalue weighted by Gasteiger charge is 2.49. The quantitative estimate of drug-likeness (QED) is 0.647. The number of alkyl halides is 3. The molecule has 21 heavy (non-hydrogen) atoms. The molecule has 0 fully saturated rings. The lowest BCUT2D eigenvalue weighted by Gasteiger charge is -2.31. The van der Waals surface area contributed by atoms with Crippen LogP contribution in [0, 0.1) is 5.21 Å². The van der Waals surface area contributed by atoms with Crippen LogP contribution in [0.5, 0.6) is 0 Å². The van der Waals surface area contributed by atoms with Crippen molar-refractivity contribution in [2.45, 2.75) is 19.1 Å². The summed E-state index contributed by atoms with van der Waals surface area (Å²) in [6.07, 6.45) is -4.75. The second-order valence-electron chi connectivity index (χ2n) is 4.38. The number of nitrogens with zero attached hydrogens (tertiary/aromatic N) is 2. The molecule has 2 atom stereocenters. The number of carboxylic acids is 1. The molecule has 0 saturated carbocycles. The van der Waals surface area contributed by atoms with Crippen LogP contribution in [-0.4, -0.2) is 29.0 Å². The fourth-order valence-electron chi connectivity index (χ4n) is 1.89. The number of aromatic carboxylic acids is 1. The largest absolute Gasteiger partial charge is 0.579 e. The minimum Gasteiger partial charge on any atom is -0.579 e. The molecule has 1 aromatic rings. The van der Waals surface area contributed by atoms with E-state index in [-0.39, 0.29) is 10.7 Å². The second-order valence-corrected chi connectivity index (χ2v) is 4.79. The number of hydrogen-bond acceptors (Lipinski definition) is 4. The van der Waals surface area contributed by atoms with Crippen molar-refractivity contribution in [3.63, 3.8) is 0 Å². The standard InChI is InChI=1S/C11H9ClF3N3O3/c1-5-9(11(13,14)15)17-18(21,16-5)6-2-3-8(12)7(4-6)10(19)20/h2-5,16H,1H3,(H,19,20). The van der Waals surface area contributed by atoms with Gasteiger partial charge in [-0.15, -0.1) is 10.3 Å². The van der Waals surface area contributed by atoms with Crippen molar-refractivity contribution in [2.24, 2.45) is 5.10 Å². The molecule has 1 aliphatic heterocycles. The van der Waals surface area contributed by atoms with Crippen LogP contribution in [0.3, 0.4) is 0 Å². The predicted molar refractivity (Wildman–Crippen MR) is 69.7 cm³/mol. The molecule has 0 saturated heterocycles. The fraction of sp³-hybridized carbons (Fsp3) is 0.273. The molecular formula is C11H9ClF3N3O3. The number of hydrogen-bond donors (Lipinski definition) is 2. The normalized spacial score (nSPS) is 25.8. The van der Waals surface area contributed by atoms with E-state index in [0.717, 1.165) is 25.1 Å². The lowest BCUT2D eigenvalue weighted by atomic mass is 10.2. The highest BCUT2D eigenvalue weighted by molar-refractivity contribution is 6.33. The Morgan fingerprint density at radius 3 is 2.62 bits per heavy atom. The molecule has 0 aromatic heterocycles. The summed E-state index contributed by atoms with van der Waals surface area (Å²) < 4.78 is 38.1. The summed E-state index contributed by atoms with van der Waals surface area (Å²) in [6.45, 7) is 1.14. The first-order chi connectivity index (χ1) is 9.54. The van der Waals surface area contributed by atoms with Gasteiger partial charge in [-0.2, -0.15) is 13.2 Å². The van der Waals surface area contributed by atoms with Crippen molar-refractivity contribution in [2.75, 3.05) is 0 Å². The SMILES string of the molecule is CC1N[N+]([O-])(c2ccc(Cl)c(C(=O)O)c2)N=C1C(F)(F)F. The molecule has 2 rings (SSSR count). The van der Waals surface area contributed by atoms with Crippen LogP contribution < -0.4 is 10.3 Å². The lowest BCUT2D eigenvalue weighted by molar-refractivity contribution is -0.0606. The molecule has 1 aromatic carbocycles. The summed E-state index contributed by atoms with van der Waals surface area (Å²) >= 11 is 5.65. The van der Waals surface area contributed by atoms with Crippen LogP contribution in [0.2, 0.25) is 5.02 Å². The summed E-state index contributed by atoms with van der Waals surface area (Å²) in [7, 11) is 0. The summed E-state index contributed by atoms with van der Waals surface area (Å²) in [4.78, 5) is 9.10. The highest BCUT2D eigenvalue weighted by Crippen LogP contribution is 2.32. The number of rotatable bonds is 2. The third kappa shape index (κ3) is 2.86. The Hall–Kier alpha value is -1.68. The van der Waals surface area contributed by atoms with E-state index in [4.69, 9.17) is 16.7 Å². The van der Waals surface area contributed by atoms with E-state index in [9.17, 15) is 23.2 Å². The maximum absolute atomic E-state index is 12.7. The Balaban J connectivity index is 2.50. The molecule has 10 heteroatoms. The first-order valence-corrected chi connectivity index (χ1v) is 6.01. The topological polar surface area (TPSA) is 84.8 Å². The molecule has 0 spiro atoms. The highest BCUT2D eigenvalue weighted by atomic mass is 35.5. The number of nitrogens with one attached hydrogen (secondary N) is 1. The molecule has 1 heterocycles. The average molecular weight is 324 g/mol. The first-order valence-electron chi connectivity index (χ1n) is 5.63. The summed E-state index contributed by atoms with van der Waals surface area (Å²) in [5, 5.41) is 24.2. The van der Waals surface area contributed by atoms with Gasteiger partial charge in [-0.05, 0) is 13.0 Å². The number of carbonyl (C=O) groups is 1. The summed E-state index contributed by atoms with van der Waals surface area (Å²) in [5.41, 5.74) is 0.139. The van der Waals surface area contributed by atoms with Crippen molar-refractivity contribution < 1.29 is 23.1 Å². The Labute approximate surface area is 121 Å². The number of benzene rings is 1. The van der Waals surface area contributed by atoms with Crippen LogP contribution in [0.1, 0.15) is 17.3 Å². The van der Waals surface area contributed by atoms with E-state index in [0.29, 0.717) is 0 Å². The fourth-order valence-corrected chi connectivity index (χ4v) is 2.09. The van der Waals surface area contributed by atoms with Gasteiger partial charge in [0.05, 0.1) is 10.6 Å². The molecule has 1 aliphatic rings. The number of quaternary nitrogens is 1. The van der Waals surface area contributed by atoms with Crippen molar-refractivity contribution in [1.29, 1.82) is 0 Å². The molecule has 0 radical (unpaired) electrons. The number of halogens is 4. The third-order valence-electron chi connectivity index (χ3n) is 2.85. The summed E-state index contributed by atoms with van der Waals surface area (Å²) in [5.74, 6) is -1.40. The predicted octanol–water partition coefficient (Wildman–Crippen LogP) is 2.67. The molecule has 2 unspecified atom stereocenters. The maximum atomic E-state index is 12.7. The molecule has 6 nitrogen and oxygen atoms in total. The van der Waals surface area contributed by atoms with Crippen molar-refractivity contribution in [3.05, 3.63) is 34.0 Å². The van der Waals surface area contributed by atoms with E-state index in [2.05, 4.69) is 10.5 Å². The van der Waals surface area contributed by atoms with Gasteiger partial charge in [0.2, 0.25) is 5.71 Å². The lowest BCUT2D eigenvalue weighted by Crippen LogP contribution is -2.50. The molecule has 2 N–H and O–H groups in total. The Morgan fingerprint density at radius 2 is 2.14 bits per heavy atom. The van der Waals surface area contributed by atoms with Gasteiger partial charge in [0.1, 0.15) is 6.04 Å². The van der Waals surface area contributed by atoms with Crippen LogP contribution in [0.4, 0.5) is 18.9 Å². The summed E-state index contributed by atoms with van der Waals surface area (Å²) in [6, 6.07) is 1.79. The van der Waals surface area contributed by atoms with Crippen molar-refractivity contribution in [1.82, 2.24) is 10.3 Å². The van der Waals surface area contributed by atoms with Gasteiger partial charge in [0, 0.05) is 12.1 Å². The Kier molecular flexibility index (Phi) is 3.70. The molecule has 0 bridgehead atoms. The molecule has 114 valence electrons. The van der Waals surface area contributed by atoms with E-state index in [1.54, 1.807) is 0 Å². The minimum absolute atomic E-state index is 0.134. The average Bonchev–Trinajstić information content (AvgIpc) is 2.66. The van der Waals surface area contributed by atoms with E-state index < -0.39 is 34.3 Å². The maximum Gasteiger partial charge on any atom is 0.436 e. The Bertz CT molecular complexity index is 635. The van der Waals surface area contributed by atoms with Gasteiger partial charge < -0.3 is 10.3 Å². The van der Waals surface area contributed by atoms with Gasteiger partial charge in [0.15, 0.2) is 5.69 Å². The molecule has 0 amide bonds. The Morgan fingerprint density at radius 1 is 1.52 bits per heavy atom. The zero-order chi connectivity index (χ0) is 16.0. The van der Waals surface area contributed by atoms with Gasteiger partial charge in [-0.1, -0.05) is 16.7 Å². The van der Waals surface area contributed by atoms with Crippen LogP contribution in [0.25, 0.3) is 0 Å². The monoisotopic (exact) mass is 323 g/mol. The van der Waals surface area contributed by atoms with Gasteiger partial charge in [0.25, 0.3) is 0 Å². The third-order valence-corrected chi connectivity index (χ3v) is 3.18. The molecular weight excluding hydrogens is 315 g/mol. The van der Waals surface area contributed by atoms with Crippen molar-refractivity contribution in [3.8, 4) is 0 Å².